The van der Waals surface area contributed by atoms with E-state index < -0.39 is 0 Å². The molecule has 0 atom stereocenters. The van der Waals surface area contributed by atoms with Crippen LogP contribution in [-0.2, 0) is 0 Å². The molecular formula is C36H32N4. The monoisotopic (exact) mass is 520 g/mol. The Morgan fingerprint density at radius 1 is 0.225 bits per heavy atom. The van der Waals surface area contributed by atoms with Gasteiger partial charge in [-0.15, -0.1) is 0 Å². The molecule has 6 rings (SSSR count). The van der Waals surface area contributed by atoms with Crippen molar-refractivity contribution >= 4 is 22.7 Å². The highest BCUT2D eigenvalue weighted by Crippen LogP contribution is 2.28. The van der Waals surface area contributed by atoms with Crippen LogP contribution in [0.3, 0.4) is 0 Å². The van der Waals surface area contributed by atoms with Crippen molar-refractivity contribution in [2.45, 2.75) is 0 Å². The Kier molecular flexibility index (Phi) is 7.79. The van der Waals surface area contributed by atoms with Crippen LogP contribution in [0.2, 0.25) is 0 Å². The van der Waals surface area contributed by atoms with Gasteiger partial charge in [-0.25, -0.2) is 0 Å². The summed E-state index contributed by atoms with van der Waals surface area (Å²) in [6.07, 6.45) is 0. The molecule has 4 heteroatoms. The van der Waals surface area contributed by atoms with Gasteiger partial charge in [0.05, 0.1) is 0 Å². The third-order valence-electron chi connectivity index (χ3n) is 6.72. The summed E-state index contributed by atoms with van der Waals surface area (Å²) >= 11 is 0. The van der Waals surface area contributed by atoms with Gasteiger partial charge in [0.1, 0.15) is 0 Å². The maximum atomic E-state index is 5.73. The van der Waals surface area contributed by atoms with Gasteiger partial charge in [-0.1, -0.05) is 91.0 Å². The van der Waals surface area contributed by atoms with E-state index in [1.165, 1.54) is 33.4 Å². The van der Waals surface area contributed by atoms with Gasteiger partial charge in [-0.05, 0) is 99.1 Å². The lowest BCUT2D eigenvalue weighted by Gasteiger charge is -2.07. The van der Waals surface area contributed by atoms with E-state index in [0.717, 1.165) is 33.9 Å². The maximum Gasteiger partial charge on any atom is 0.0314 e. The number of hydrogen-bond acceptors (Lipinski definition) is 4. The lowest BCUT2D eigenvalue weighted by molar-refractivity contribution is 1.58. The van der Waals surface area contributed by atoms with Crippen LogP contribution in [-0.4, -0.2) is 0 Å². The Balaban J connectivity index is 0.000000161. The van der Waals surface area contributed by atoms with Crippen molar-refractivity contribution in [1.29, 1.82) is 0 Å². The summed E-state index contributed by atoms with van der Waals surface area (Å²) in [5, 5.41) is 0. The average molecular weight is 521 g/mol. The molecule has 8 N–H and O–H groups in total. The van der Waals surface area contributed by atoms with Crippen LogP contribution in [0.4, 0.5) is 22.7 Å². The molecule has 0 bridgehead atoms. The molecule has 0 radical (unpaired) electrons. The van der Waals surface area contributed by atoms with Gasteiger partial charge in [0, 0.05) is 22.7 Å². The second kappa shape index (κ2) is 11.9. The normalized spacial score (nSPS) is 10.4. The van der Waals surface area contributed by atoms with Gasteiger partial charge in [0.25, 0.3) is 0 Å². The Hall–Kier alpha value is -5.48. The molecule has 0 spiro atoms. The van der Waals surface area contributed by atoms with E-state index in [9.17, 15) is 0 Å². The Morgan fingerprint density at radius 3 is 0.675 bits per heavy atom. The highest BCUT2D eigenvalue weighted by molar-refractivity contribution is 5.75. The molecule has 0 amide bonds. The third kappa shape index (κ3) is 6.50. The smallest absolute Gasteiger partial charge is 0.0314 e. The summed E-state index contributed by atoms with van der Waals surface area (Å²) in [5.74, 6) is 0. The first-order chi connectivity index (χ1) is 19.4. The molecule has 0 heterocycles. The summed E-state index contributed by atoms with van der Waals surface area (Å²) in [7, 11) is 0. The minimum absolute atomic E-state index is 0.781. The van der Waals surface area contributed by atoms with Gasteiger partial charge >= 0.3 is 0 Å². The molecule has 0 aliphatic rings. The quantitative estimate of drug-likeness (QED) is 0.175. The zero-order valence-corrected chi connectivity index (χ0v) is 22.2. The van der Waals surface area contributed by atoms with Crippen molar-refractivity contribution < 1.29 is 0 Å². The van der Waals surface area contributed by atoms with Crippen LogP contribution in [0.15, 0.2) is 146 Å². The molecule has 0 aliphatic carbocycles. The molecule has 196 valence electrons. The Morgan fingerprint density at radius 2 is 0.425 bits per heavy atom. The van der Waals surface area contributed by atoms with Crippen LogP contribution in [0, 0.1) is 0 Å². The van der Waals surface area contributed by atoms with E-state index >= 15 is 0 Å². The predicted molar refractivity (Wildman–Crippen MR) is 172 cm³/mol. The summed E-state index contributed by atoms with van der Waals surface area (Å²) in [6.45, 7) is 0. The zero-order valence-electron chi connectivity index (χ0n) is 22.2. The first kappa shape index (κ1) is 26.1. The van der Waals surface area contributed by atoms with Crippen LogP contribution < -0.4 is 22.9 Å². The zero-order chi connectivity index (χ0) is 27.9. The Bertz CT molecular complexity index is 1540. The van der Waals surface area contributed by atoms with Gasteiger partial charge in [0.2, 0.25) is 0 Å². The van der Waals surface area contributed by atoms with Gasteiger partial charge < -0.3 is 22.9 Å². The van der Waals surface area contributed by atoms with Gasteiger partial charge in [-0.3, -0.25) is 0 Å². The van der Waals surface area contributed by atoms with Crippen LogP contribution in [0.1, 0.15) is 0 Å². The molecular weight excluding hydrogens is 488 g/mol. The second-order valence-corrected chi connectivity index (χ2v) is 9.65. The van der Waals surface area contributed by atoms with E-state index in [1.807, 2.05) is 97.1 Å². The molecule has 0 aliphatic heterocycles. The molecule has 4 nitrogen and oxygen atoms in total. The number of nitrogen functional groups attached to an aromatic ring is 4. The van der Waals surface area contributed by atoms with Crippen molar-refractivity contribution in [2.75, 3.05) is 22.9 Å². The molecule has 0 saturated heterocycles. The summed E-state index contributed by atoms with van der Waals surface area (Å²) in [5.41, 5.74) is 35.4. The Labute approximate surface area is 235 Å². The molecule has 40 heavy (non-hydrogen) atoms. The van der Waals surface area contributed by atoms with Crippen molar-refractivity contribution in [3.05, 3.63) is 146 Å². The third-order valence-corrected chi connectivity index (χ3v) is 6.72. The fourth-order valence-electron chi connectivity index (χ4n) is 4.44. The van der Waals surface area contributed by atoms with E-state index in [1.54, 1.807) is 0 Å². The lowest BCUT2D eigenvalue weighted by atomic mass is 9.99. The summed E-state index contributed by atoms with van der Waals surface area (Å²) in [6, 6.07) is 48.6. The SMILES string of the molecule is Nc1ccc(-c2ccc(-c3ccc(N)cc3)cc2)cc1.Nc1ccc(-c2cccc(-c3ccc(N)cc3)c2)cc1. The largest absolute Gasteiger partial charge is 0.399 e. The van der Waals surface area contributed by atoms with E-state index in [0.29, 0.717) is 0 Å². The van der Waals surface area contributed by atoms with Crippen LogP contribution in [0.25, 0.3) is 44.5 Å². The molecule has 0 saturated carbocycles. The van der Waals surface area contributed by atoms with Gasteiger partial charge in [0.15, 0.2) is 0 Å². The van der Waals surface area contributed by atoms with Crippen molar-refractivity contribution in [3.8, 4) is 44.5 Å². The standard InChI is InChI=1S/2C18H16N2/c19-17-9-5-15(6-10-17)13-1-2-14(4-3-13)16-7-11-18(20)12-8-16;19-17-8-4-13(5-9-17)15-2-1-3-16(12-15)14-6-10-18(20)11-7-14/h2*1-12H,19-20H2. The molecule has 6 aromatic carbocycles. The highest BCUT2D eigenvalue weighted by atomic mass is 14.5. The minimum Gasteiger partial charge on any atom is -0.399 e. The van der Waals surface area contributed by atoms with Crippen LogP contribution >= 0.6 is 0 Å². The molecule has 6 aromatic rings. The fourth-order valence-corrected chi connectivity index (χ4v) is 4.44. The van der Waals surface area contributed by atoms with E-state index in [-0.39, 0.29) is 0 Å². The van der Waals surface area contributed by atoms with Crippen molar-refractivity contribution in [3.63, 3.8) is 0 Å². The first-order valence-electron chi connectivity index (χ1n) is 13.1. The highest BCUT2D eigenvalue weighted by Gasteiger charge is 2.02. The number of anilines is 4. The number of rotatable bonds is 4. The van der Waals surface area contributed by atoms with E-state index in [4.69, 9.17) is 22.9 Å². The topological polar surface area (TPSA) is 104 Å². The number of benzene rings is 6. The second-order valence-electron chi connectivity index (χ2n) is 9.65. The predicted octanol–water partition coefficient (Wildman–Crippen LogP) is 8.37. The minimum atomic E-state index is 0.781. The summed E-state index contributed by atoms with van der Waals surface area (Å²) in [4.78, 5) is 0. The molecule has 0 unspecified atom stereocenters. The average Bonchev–Trinajstić information content (AvgIpc) is 2.99. The van der Waals surface area contributed by atoms with Crippen molar-refractivity contribution in [1.82, 2.24) is 0 Å². The fraction of sp³-hybridized carbons (Fsp3) is 0. The molecule has 0 fully saturated rings. The number of hydrogen-bond donors (Lipinski definition) is 4. The lowest BCUT2D eigenvalue weighted by Crippen LogP contribution is -1.86. The summed E-state index contributed by atoms with van der Waals surface area (Å²) < 4.78 is 0. The van der Waals surface area contributed by atoms with Crippen LogP contribution in [0.5, 0.6) is 0 Å². The van der Waals surface area contributed by atoms with Gasteiger partial charge in [-0.2, -0.15) is 0 Å². The van der Waals surface area contributed by atoms with E-state index in [2.05, 4.69) is 48.5 Å². The first-order valence-corrected chi connectivity index (χ1v) is 13.1. The maximum absolute atomic E-state index is 5.73. The number of nitrogens with two attached hydrogens (primary N) is 4. The molecule has 0 aromatic heterocycles. The van der Waals surface area contributed by atoms with Crippen molar-refractivity contribution in [2.24, 2.45) is 0 Å².